The number of hydrogen-bond donors (Lipinski definition) is 0. The van der Waals surface area contributed by atoms with E-state index in [2.05, 4.69) is 10.2 Å². The molecular formula is C11H12Cl2N4O. The average molecular weight is 287 g/mol. The van der Waals surface area contributed by atoms with Crippen molar-refractivity contribution in [3.05, 3.63) is 44.1 Å². The van der Waals surface area contributed by atoms with Crippen LogP contribution in [0.5, 0.6) is 0 Å². The summed E-state index contributed by atoms with van der Waals surface area (Å²) >= 11 is 11.5. The van der Waals surface area contributed by atoms with Gasteiger partial charge in [-0.2, -0.15) is 10.2 Å². The van der Waals surface area contributed by atoms with E-state index in [1.54, 1.807) is 4.68 Å². The predicted molar refractivity (Wildman–Crippen MR) is 70.2 cm³/mol. The van der Waals surface area contributed by atoms with Gasteiger partial charge < -0.3 is 0 Å². The fourth-order valence-corrected chi connectivity index (χ4v) is 1.87. The van der Waals surface area contributed by atoms with E-state index < -0.39 is 5.56 Å². The second-order valence-electron chi connectivity index (χ2n) is 3.87. The molecule has 0 bridgehead atoms. The molecule has 5 nitrogen and oxygen atoms in total. The van der Waals surface area contributed by atoms with Gasteiger partial charge in [0, 0.05) is 7.05 Å². The zero-order chi connectivity index (χ0) is 13.3. The molecule has 0 unspecified atom stereocenters. The lowest BCUT2D eigenvalue weighted by Crippen LogP contribution is -2.24. The molecule has 18 heavy (non-hydrogen) atoms. The van der Waals surface area contributed by atoms with Gasteiger partial charge in [0.15, 0.2) is 0 Å². The molecule has 2 aromatic rings. The van der Waals surface area contributed by atoms with Crippen LogP contribution in [-0.2, 0) is 20.0 Å². The van der Waals surface area contributed by atoms with Crippen LogP contribution in [0.3, 0.4) is 0 Å². The van der Waals surface area contributed by atoms with Crippen LogP contribution in [0.25, 0.3) is 0 Å². The van der Waals surface area contributed by atoms with Crippen LogP contribution in [0.2, 0.25) is 10.0 Å². The van der Waals surface area contributed by atoms with Gasteiger partial charge in [0.2, 0.25) is 0 Å². The second kappa shape index (κ2) is 5.12. The molecule has 2 heterocycles. The molecule has 96 valence electrons. The average Bonchev–Trinajstić information content (AvgIpc) is 2.71. The summed E-state index contributed by atoms with van der Waals surface area (Å²) in [5.41, 5.74) is 1.46. The Morgan fingerprint density at radius 3 is 2.72 bits per heavy atom. The van der Waals surface area contributed by atoms with Gasteiger partial charge in [-0.3, -0.25) is 9.48 Å². The molecule has 0 aliphatic heterocycles. The van der Waals surface area contributed by atoms with Crippen LogP contribution >= 0.6 is 23.2 Å². The van der Waals surface area contributed by atoms with Crippen LogP contribution in [0.15, 0.2) is 17.1 Å². The highest BCUT2D eigenvalue weighted by Crippen LogP contribution is 2.15. The molecule has 2 aromatic heterocycles. The number of rotatable bonds is 3. The van der Waals surface area contributed by atoms with Crippen molar-refractivity contribution >= 4 is 23.2 Å². The lowest BCUT2D eigenvalue weighted by molar-refractivity contribution is 0.590. The van der Waals surface area contributed by atoms with Crippen molar-refractivity contribution in [1.29, 1.82) is 0 Å². The summed E-state index contributed by atoms with van der Waals surface area (Å²) in [5.74, 6) is 0. The Labute approximate surface area is 114 Å². The molecule has 0 aliphatic rings. The SMILES string of the molecule is CCc1cc(Cn2ncc(Cl)c(Cl)c2=O)n(C)n1. The number of nitrogens with zero attached hydrogens (tertiary/aromatic N) is 4. The van der Waals surface area contributed by atoms with E-state index in [1.807, 2.05) is 20.0 Å². The third-order valence-electron chi connectivity index (χ3n) is 2.64. The minimum absolute atomic E-state index is 0.00968. The number of aromatic nitrogens is 4. The van der Waals surface area contributed by atoms with Gasteiger partial charge in [-0.05, 0) is 12.5 Å². The first-order valence-electron chi connectivity index (χ1n) is 5.45. The maximum absolute atomic E-state index is 11.8. The van der Waals surface area contributed by atoms with Crippen LogP contribution in [0, 0.1) is 0 Å². The molecule has 0 N–H and O–H groups in total. The molecule has 0 spiro atoms. The van der Waals surface area contributed by atoms with Crippen LogP contribution in [0.4, 0.5) is 0 Å². The Morgan fingerprint density at radius 1 is 1.39 bits per heavy atom. The Kier molecular flexibility index (Phi) is 3.73. The lowest BCUT2D eigenvalue weighted by atomic mass is 10.3. The molecule has 0 amide bonds. The Morgan fingerprint density at radius 2 is 2.11 bits per heavy atom. The van der Waals surface area contributed by atoms with Crippen LogP contribution in [0.1, 0.15) is 18.3 Å². The number of aryl methyl sites for hydroxylation is 2. The Hall–Kier alpha value is -1.33. The van der Waals surface area contributed by atoms with Crippen molar-refractivity contribution in [2.75, 3.05) is 0 Å². The minimum Gasteiger partial charge on any atom is -0.270 e. The topological polar surface area (TPSA) is 52.7 Å². The normalized spacial score (nSPS) is 10.9. The van der Waals surface area contributed by atoms with Gasteiger partial charge in [0.05, 0.1) is 29.2 Å². The first kappa shape index (κ1) is 13.1. The number of halogens is 2. The van der Waals surface area contributed by atoms with Crippen LogP contribution in [-0.4, -0.2) is 19.6 Å². The van der Waals surface area contributed by atoms with Gasteiger partial charge in [-0.15, -0.1) is 0 Å². The zero-order valence-electron chi connectivity index (χ0n) is 10.0. The minimum atomic E-state index is -0.400. The lowest BCUT2D eigenvalue weighted by Gasteiger charge is -2.05. The van der Waals surface area contributed by atoms with Crippen molar-refractivity contribution in [2.24, 2.45) is 7.05 Å². The summed E-state index contributed by atoms with van der Waals surface area (Å²) in [5, 5.41) is 8.42. The first-order valence-corrected chi connectivity index (χ1v) is 6.21. The van der Waals surface area contributed by atoms with Crippen molar-refractivity contribution < 1.29 is 0 Å². The molecule has 0 saturated heterocycles. The largest absolute Gasteiger partial charge is 0.287 e. The summed E-state index contributed by atoms with van der Waals surface area (Å²) in [6.07, 6.45) is 2.21. The van der Waals surface area contributed by atoms with Gasteiger partial charge in [0.1, 0.15) is 5.02 Å². The fourth-order valence-electron chi connectivity index (χ4n) is 1.60. The molecule has 0 radical (unpaired) electrons. The second-order valence-corrected chi connectivity index (χ2v) is 4.66. The summed E-state index contributed by atoms with van der Waals surface area (Å²) in [4.78, 5) is 11.8. The van der Waals surface area contributed by atoms with E-state index in [-0.39, 0.29) is 10.0 Å². The Bertz CT molecular complexity index is 632. The maximum atomic E-state index is 11.8. The van der Waals surface area contributed by atoms with Gasteiger partial charge in [-0.25, -0.2) is 4.68 Å². The smallest absolute Gasteiger partial charge is 0.270 e. The first-order chi connectivity index (χ1) is 8.52. The van der Waals surface area contributed by atoms with Crippen molar-refractivity contribution in [2.45, 2.75) is 19.9 Å². The van der Waals surface area contributed by atoms with E-state index >= 15 is 0 Å². The fraction of sp³-hybridized carbons (Fsp3) is 0.364. The van der Waals surface area contributed by atoms with Gasteiger partial charge >= 0.3 is 0 Å². The molecular weight excluding hydrogens is 275 g/mol. The molecule has 0 atom stereocenters. The third kappa shape index (κ3) is 2.42. The maximum Gasteiger partial charge on any atom is 0.287 e. The highest BCUT2D eigenvalue weighted by molar-refractivity contribution is 6.41. The third-order valence-corrected chi connectivity index (χ3v) is 3.39. The summed E-state index contributed by atoms with van der Waals surface area (Å²) in [7, 11) is 1.83. The standard InChI is InChI=1S/C11H12Cl2N4O/c1-3-7-4-8(16(2)15-7)6-17-11(18)10(13)9(12)5-14-17/h4-5H,3,6H2,1-2H3. The summed E-state index contributed by atoms with van der Waals surface area (Å²) < 4.78 is 3.00. The number of hydrogen-bond acceptors (Lipinski definition) is 3. The predicted octanol–water partition coefficient (Wildman–Crippen LogP) is 1.89. The monoisotopic (exact) mass is 286 g/mol. The van der Waals surface area contributed by atoms with E-state index in [1.165, 1.54) is 10.9 Å². The highest BCUT2D eigenvalue weighted by Gasteiger charge is 2.10. The molecule has 0 fully saturated rings. The van der Waals surface area contributed by atoms with Crippen molar-refractivity contribution in [3.8, 4) is 0 Å². The molecule has 0 saturated carbocycles. The van der Waals surface area contributed by atoms with Crippen molar-refractivity contribution in [3.63, 3.8) is 0 Å². The van der Waals surface area contributed by atoms with E-state index in [9.17, 15) is 4.79 Å². The molecule has 7 heteroatoms. The van der Waals surface area contributed by atoms with E-state index in [0.717, 1.165) is 17.8 Å². The summed E-state index contributed by atoms with van der Waals surface area (Å²) in [6, 6.07) is 1.94. The quantitative estimate of drug-likeness (QED) is 0.866. The van der Waals surface area contributed by atoms with Gasteiger partial charge in [-0.1, -0.05) is 30.1 Å². The van der Waals surface area contributed by atoms with Gasteiger partial charge in [0.25, 0.3) is 5.56 Å². The molecule has 0 aromatic carbocycles. The van der Waals surface area contributed by atoms with E-state index in [4.69, 9.17) is 23.2 Å². The Balaban J connectivity index is 2.37. The van der Waals surface area contributed by atoms with Crippen molar-refractivity contribution in [1.82, 2.24) is 19.6 Å². The van der Waals surface area contributed by atoms with E-state index in [0.29, 0.717) is 6.54 Å². The summed E-state index contributed by atoms with van der Waals surface area (Å²) in [6.45, 7) is 2.34. The molecule has 0 aliphatic carbocycles. The highest BCUT2D eigenvalue weighted by atomic mass is 35.5. The zero-order valence-corrected chi connectivity index (χ0v) is 11.5. The van der Waals surface area contributed by atoms with Crippen LogP contribution < -0.4 is 5.56 Å². The molecule has 2 rings (SSSR count).